The van der Waals surface area contributed by atoms with Gasteiger partial charge in [0.15, 0.2) is 0 Å². The number of nitrogens with one attached hydrogen (secondary N) is 2. The van der Waals surface area contributed by atoms with Crippen LogP contribution in [0.5, 0.6) is 5.75 Å². The molecule has 0 bridgehead atoms. The van der Waals surface area contributed by atoms with Crippen LogP contribution in [0.15, 0.2) is 48.5 Å². The molecule has 1 aliphatic rings. The molecule has 0 saturated carbocycles. The quantitative estimate of drug-likeness (QED) is 0.759. The minimum Gasteiger partial charge on any atom is -0.497 e. The molecule has 2 aromatic carbocycles. The summed E-state index contributed by atoms with van der Waals surface area (Å²) in [6.45, 7) is 0.296. The van der Waals surface area contributed by atoms with Crippen molar-refractivity contribution < 1.29 is 19.1 Å². The number of hydrogen-bond donors (Lipinski definition) is 2. The third-order valence-electron chi connectivity index (χ3n) is 4.72. The van der Waals surface area contributed by atoms with E-state index < -0.39 is 6.04 Å². The molecule has 3 rings (SSSR count). The Morgan fingerprint density at radius 1 is 1.17 bits per heavy atom. The molecular formula is C21H22ClN3O4. The van der Waals surface area contributed by atoms with Gasteiger partial charge in [0.2, 0.25) is 11.8 Å². The number of methoxy groups -OCH3 is 1. The number of amides is 3. The summed E-state index contributed by atoms with van der Waals surface area (Å²) in [5.41, 5.74) is 1.00. The number of carbonyl (C=O) groups excluding carboxylic acids is 3. The summed E-state index contributed by atoms with van der Waals surface area (Å²) in [5.74, 6) is -0.245. The molecule has 2 N–H and O–H groups in total. The van der Waals surface area contributed by atoms with Gasteiger partial charge in [0.05, 0.1) is 13.7 Å². The fraction of sp³-hybridized carbons (Fsp3) is 0.286. The molecule has 3 amide bonds. The lowest BCUT2D eigenvalue weighted by Gasteiger charge is -2.24. The molecule has 1 heterocycles. The van der Waals surface area contributed by atoms with E-state index in [9.17, 15) is 14.4 Å². The van der Waals surface area contributed by atoms with Crippen LogP contribution in [0.4, 0.5) is 5.69 Å². The molecule has 7 nitrogen and oxygen atoms in total. The first-order valence-electron chi connectivity index (χ1n) is 9.26. The van der Waals surface area contributed by atoms with Gasteiger partial charge < -0.3 is 20.3 Å². The number of nitrogens with zero attached hydrogens (tertiary/aromatic N) is 1. The van der Waals surface area contributed by atoms with Crippen LogP contribution in [0, 0.1) is 0 Å². The Labute approximate surface area is 174 Å². The van der Waals surface area contributed by atoms with Crippen LogP contribution >= 0.6 is 11.6 Å². The molecule has 0 spiro atoms. The van der Waals surface area contributed by atoms with Crippen molar-refractivity contribution in [1.82, 2.24) is 10.2 Å². The predicted molar refractivity (Wildman–Crippen MR) is 110 cm³/mol. The summed E-state index contributed by atoms with van der Waals surface area (Å²) in [6, 6.07) is 12.9. The first-order chi connectivity index (χ1) is 14.0. The summed E-state index contributed by atoms with van der Waals surface area (Å²) >= 11 is 5.89. The standard InChI is InChI=1S/C21H22ClN3O4/c1-29-17-9-7-16(8-10-17)24-21(28)18-6-3-11-25(18)19(26)13-23-20(27)14-4-2-5-15(22)12-14/h2,4-5,7-10,12,18H,3,6,11,13H2,1H3,(H,23,27)(H,24,28). The van der Waals surface area contributed by atoms with E-state index in [1.165, 1.54) is 11.0 Å². The van der Waals surface area contributed by atoms with Crippen molar-refractivity contribution in [2.75, 3.05) is 25.5 Å². The average Bonchev–Trinajstić information content (AvgIpc) is 3.22. The van der Waals surface area contributed by atoms with Crippen LogP contribution in [-0.4, -0.2) is 48.9 Å². The van der Waals surface area contributed by atoms with Gasteiger partial charge in [0, 0.05) is 22.8 Å². The van der Waals surface area contributed by atoms with Gasteiger partial charge in [-0.25, -0.2) is 0 Å². The number of rotatable bonds is 6. The molecule has 0 radical (unpaired) electrons. The molecule has 0 aromatic heterocycles. The van der Waals surface area contributed by atoms with Crippen molar-refractivity contribution in [3.05, 3.63) is 59.1 Å². The van der Waals surface area contributed by atoms with E-state index in [0.29, 0.717) is 35.0 Å². The van der Waals surface area contributed by atoms with E-state index in [4.69, 9.17) is 16.3 Å². The van der Waals surface area contributed by atoms with Crippen molar-refractivity contribution in [3.63, 3.8) is 0 Å². The van der Waals surface area contributed by atoms with Gasteiger partial charge in [-0.2, -0.15) is 0 Å². The number of ether oxygens (including phenoxy) is 1. The normalized spacial score (nSPS) is 15.7. The van der Waals surface area contributed by atoms with Crippen molar-refractivity contribution in [1.29, 1.82) is 0 Å². The maximum atomic E-state index is 12.6. The third kappa shape index (κ3) is 5.26. The number of benzene rings is 2. The molecule has 1 atom stereocenters. The van der Waals surface area contributed by atoms with Gasteiger partial charge in [-0.05, 0) is 55.3 Å². The maximum Gasteiger partial charge on any atom is 0.251 e. The summed E-state index contributed by atoms with van der Waals surface area (Å²) in [6.07, 6.45) is 1.31. The lowest BCUT2D eigenvalue weighted by Crippen LogP contribution is -2.47. The summed E-state index contributed by atoms with van der Waals surface area (Å²) < 4.78 is 5.10. The average molecular weight is 416 g/mol. The first kappa shape index (κ1) is 20.7. The zero-order chi connectivity index (χ0) is 20.8. The maximum absolute atomic E-state index is 12.6. The lowest BCUT2D eigenvalue weighted by molar-refractivity contribution is -0.135. The van der Waals surface area contributed by atoms with Crippen LogP contribution < -0.4 is 15.4 Å². The van der Waals surface area contributed by atoms with E-state index >= 15 is 0 Å². The lowest BCUT2D eigenvalue weighted by atomic mass is 10.2. The molecule has 2 aromatic rings. The van der Waals surface area contributed by atoms with Crippen LogP contribution in [0.2, 0.25) is 5.02 Å². The number of likely N-dealkylation sites (tertiary alicyclic amines) is 1. The molecule has 1 aliphatic heterocycles. The molecular weight excluding hydrogens is 394 g/mol. The van der Waals surface area contributed by atoms with Crippen LogP contribution in [0.25, 0.3) is 0 Å². The van der Waals surface area contributed by atoms with E-state index in [2.05, 4.69) is 10.6 Å². The first-order valence-corrected chi connectivity index (χ1v) is 9.64. The van der Waals surface area contributed by atoms with Gasteiger partial charge in [0.1, 0.15) is 11.8 Å². The van der Waals surface area contributed by atoms with Gasteiger partial charge in [-0.15, -0.1) is 0 Å². The summed E-state index contributed by atoms with van der Waals surface area (Å²) in [7, 11) is 1.57. The van der Waals surface area contributed by atoms with Crippen LogP contribution in [0.1, 0.15) is 23.2 Å². The van der Waals surface area contributed by atoms with Crippen molar-refractivity contribution in [2.45, 2.75) is 18.9 Å². The molecule has 152 valence electrons. The van der Waals surface area contributed by atoms with Crippen molar-refractivity contribution in [2.24, 2.45) is 0 Å². The highest BCUT2D eigenvalue weighted by Gasteiger charge is 2.34. The van der Waals surface area contributed by atoms with Gasteiger partial charge in [0.25, 0.3) is 5.91 Å². The molecule has 1 unspecified atom stereocenters. The van der Waals surface area contributed by atoms with Crippen LogP contribution in [0.3, 0.4) is 0 Å². The Morgan fingerprint density at radius 2 is 1.93 bits per heavy atom. The number of anilines is 1. The second-order valence-electron chi connectivity index (χ2n) is 6.66. The molecule has 0 aliphatic carbocycles. The van der Waals surface area contributed by atoms with E-state index in [-0.39, 0.29) is 24.3 Å². The van der Waals surface area contributed by atoms with E-state index in [1.807, 2.05) is 0 Å². The Balaban J connectivity index is 1.56. The minimum atomic E-state index is -0.562. The SMILES string of the molecule is COc1ccc(NC(=O)C2CCCN2C(=O)CNC(=O)c2cccc(Cl)c2)cc1. The molecule has 8 heteroatoms. The van der Waals surface area contributed by atoms with Crippen molar-refractivity contribution in [3.8, 4) is 5.75 Å². The summed E-state index contributed by atoms with van der Waals surface area (Å²) in [4.78, 5) is 38.9. The largest absolute Gasteiger partial charge is 0.497 e. The van der Waals surface area contributed by atoms with Gasteiger partial charge in [-0.1, -0.05) is 17.7 Å². The Morgan fingerprint density at radius 3 is 2.62 bits per heavy atom. The minimum absolute atomic E-state index is 0.183. The smallest absolute Gasteiger partial charge is 0.251 e. The predicted octanol–water partition coefficient (Wildman–Crippen LogP) is 2.71. The number of carbonyl (C=O) groups is 3. The highest BCUT2D eigenvalue weighted by molar-refractivity contribution is 6.31. The third-order valence-corrected chi connectivity index (χ3v) is 4.96. The Bertz CT molecular complexity index is 901. The summed E-state index contributed by atoms with van der Waals surface area (Å²) in [5, 5.41) is 5.86. The van der Waals surface area contributed by atoms with E-state index in [0.717, 1.165) is 6.42 Å². The Kier molecular flexibility index (Phi) is 6.72. The highest BCUT2D eigenvalue weighted by Crippen LogP contribution is 2.21. The fourth-order valence-electron chi connectivity index (χ4n) is 3.23. The topological polar surface area (TPSA) is 87.7 Å². The Hall–Kier alpha value is -3.06. The molecule has 1 fully saturated rings. The van der Waals surface area contributed by atoms with Crippen molar-refractivity contribution >= 4 is 35.0 Å². The molecule has 1 saturated heterocycles. The zero-order valence-corrected chi connectivity index (χ0v) is 16.7. The van der Waals surface area contributed by atoms with E-state index in [1.54, 1.807) is 49.6 Å². The number of hydrogen-bond acceptors (Lipinski definition) is 4. The fourth-order valence-corrected chi connectivity index (χ4v) is 3.42. The van der Waals surface area contributed by atoms with Gasteiger partial charge >= 0.3 is 0 Å². The molecule has 29 heavy (non-hydrogen) atoms. The monoisotopic (exact) mass is 415 g/mol. The second kappa shape index (κ2) is 9.43. The number of halogens is 1. The zero-order valence-electron chi connectivity index (χ0n) is 16.0. The second-order valence-corrected chi connectivity index (χ2v) is 7.09. The highest BCUT2D eigenvalue weighted by atomic mass is 35.5. The van der Waals surface area contributed by atoms with Crippen LogP contribution in [-0.2, 0) is 9.59 Å². The van der Waals surface area contributed by atoms with Gasteiger partial charge in [-0.3, -0.25) is 14.4 Å².